The van der Waals surface area contributed by atoms with Crippen LogP contribution in [-0.2, 0) is 26.1 Å². The number of benzene rings is 1. The van der Waals surface area contributed by atoms with Crippen molar-refractivity contribution in [1.29, 1.82) is 0 Å². The smallest absolute Gasteiger partial charge is 0.230 e. The quantitative estimate of drug-likeness (QED) is 0.668. The number of rotatable bonds is 7. The van der Waals surface area contributed by atoms with Crippen LogP contribution in [0.15, 0.2) is 57.6 Å². The summed E-state index contributed by atoms with van der Waals surface area (Å²) in [7, 11) is 0. The molecule has 114 valence electrons. The van der Waals surface area contributed by atoms with Crippen LogP contribution in [-0.4, -0.2) is 15.1 Å². The molecule has 0 aliphatic heterocycles. The molecule has 0 aliphatic rings. The van der Waals surface area contributed by atoms with Crippen molar-refractivity contribution in [2.45, 2.75) is 33.0 Å². The van der Waals surface area contributed by atoms with Crippen LogP contribution in [0, 0.1) is 0 Å². The van der Waals surface area contributed by atoms with E-state index in [-0.39, 0.29) is 0 Å². The molecule has 0 unspecified atom stereocenters. The molecule has 5 heteroatoms. The third-order valence-electron chi connectivity index (χ3n) is 3.38. The van der Waals surface area contributed by atoms with Crippen molar-refractivity contribution in [2.24, 2.45) is 0 Å². The summed E-state index contributed by atoms with van der Waals surface area (Å²) in [5.41, 5.74) is 1.24. The fourth-order valence-corrected chi connectivity index (χ4v) is 2.32. The van der Waals surface area contributed by atoms with Crippen LogP contribution >= 0.6 is 0 Å². The number of nitrogens with zero attached hydrogens (tertiary/aromatic N) is 3. The summed E-state index contributed by atoms with van der Waals surface area (Å²) in [6, 6.07) is 14.2. The number of hydrogen-bond donors (Lipinski definition) is 0. The summed E-state index contributed by atoms with van der Waals surface area (Å²) in [5, 5.41) is 8.13. The predicted octanol–water partition coefficient (Wildman–Crippen LogP) is 3.43. The molecule has 0 spiro atoms. The first-order valence-electron chi connectivity index (χ1n) is 7.43. The van der Waals surface area contributed by atoms with Crippen molar-refractivity contribution < 1.29 is 8.83 Å². The Hall–Kier alpha value is -2.40. The van der Waals surface area contributed by atoms with E-state index in [9.17, 15) is 0 Å². The summed E-state index contributed by atoms with van der Waals surface area (Å²) in [5.74, 6) is 2.23. The zero-order chi connectivity index (χ0) is 15.2. The Balaban J connectivity index is 1.73. The van der Waals surface area contributed by atoms with Gasteiger partial charge in [-0.1, -0.05) is 37.3 Å². The van der Waals surface area contributed by atoms with Crippen LogP contribution in [0.25, 0.3) is 0 Å². The Morgan fingerprint density at radius 2 is 1.73 bits per heavy atom. The fraction of sp³-hybridized carbons (Fsp3) is 0.294. The lowest BCUT2D eigenvalue weighted by Gasteiger charge is -2.19. The molecule has 0 bridgehead atoms. The molecule has 0 saturated heterocycles. The number of aryl methyl sites for hydroxylation is 1. The highest BCUT2D eigenvalue weighted by atomic mass is 16.4. The topological polar surface area (TPSA) is 55.3 Å². The molecule has 0 fully saturated rings. The standard InChI is InChI=1S/C17H19N3O2/c1-2-16-18-19-17(22-16)13-20(12-15-9-6-10-21-15)11-14-7-4-3-5-8-14/h3-10H,2,11-13H2,1H3. The molecule has 0 N–H and O–H groups in total. The third-order valence-corrected chi connectivity index (χ3v) is 3.38. The average molecular weight is 297 g/mol. The highest BCUT2D eigenvalue weighted by Crippen LogP contribution is 2.14. The Morgan fingerprint density at radius 1 is 0.909 bits per heavy atom. The van der Waals surface area contributed by atoms with Gasteiger partial charge in [-0.15, -0.1) is 10.2 Å². The largest absolute Gasteiger partial charge is 0.468 e. The van der Waals surface area contributed by atoms with E-state index in [4.69, 9.17) is 8.83 Å². The molecular formula is C17H19N3O2. The van der Waals surface area contributed by atoms with Crippen molar-refractivity contribution in [1.82, 2.24) is 15.1 Å². The van der Waals surface area contributed by atoms with Crippen molar-refractivity contribution in [2.75, 3.05) is 0 Å². The van der Waals surface area contributed by atoms with Crippen LogP contribution in [0.2, 0.25) is 0 Å². The van der Waals surface area contributed by atoms with E-state index in [0.717, 1.165) is 18.7 Å². The van der Waals surface area contributed by atoms with Gasteiger partial charge < -0.3 is 8.83 Å². The van der Waals surface area contributed by atoms with Crippen LogP contribution < -0.4 is 0 Å². The van der Waals surface area contributed by atoms with E-state index in [2.05, 4.69) is 27.2 Å². The van der Waals surface area contributed by atoms with E-state index in [1.165, 1.54) is 5.56 Å². The predicted molar refractivity (Wildman–Crippen MR) is 81.8 cm³/mol. The lowest BCUT2D eigenvalue weighted by atomic mass is 10.2. The molecule has 3 aromatic rings. The van der Waals surface area contributed by atoms with Gasteiger partial charge in [0.1, 0.15) is 5.76 Å². The Kier molecular flexibility index (Phi) is 4.65. The molecule has 2 heterocycles. The van der Waals surface area contributed by atoms with Gasteiger partial charge in [-0.05, 0) is 17.7 Å². The van der Waals surface area contributed by atoms with E-state index in [1.54, 1.807) is 6.26 Å². The maximum Gasteiger partial charge on any atom is 0.230 e. The zero-order valence-corrected chi connectivity index (χ0v) is 12.6. The number of hydrogen-bond acceptors (Lipinski definition) is 5. The first kappa shape index (κ1) is 14.5. The molecular weight excluding hydrogens is 278 g/mol. The normalized spacial score (nSPS) is 11.2. The van der Waals surface area contributed by atoms with Crippen LogP contribution in [0.4, 0.5) is 0 Å². The van der Waals surface area contributed by atoms with Gasteiger partial charge in [-0.2, -0.15) is 0 Å². The highest BCUT2D eigenvalue weighted by molar-refractivity contribution is 5.14. The summed E-state index contributed by atoms with van der Waals surface area (Å²) < 4.78 is 11.1. The lowest BCUT2D eigenvalue weighted by molar-refractivity contribution is 0.204. The maximum absolute atomic E-state index is 5.63. The molecule has 0 amide bonds. The van der Waals surface area contributed by atoms with Crippen LogP contribution in [0.1, 0.15) is 30.0 Å². The minimum Gasteiger partial charge on any atom is -0.468 e. The summed E-state index contributed by atoms with van der Waals surface area (Å²) >= 11 is 0. The minimum absolute atomic E-state index is 0.600. The monoisotopic (exact) mass is 297 g/mol. The summed E-state index contributed by atoms with van der Waals surface area (Å²) in [4.78, 5) is 2.22. The SMILES string of the molecule is CCc1nnc(CN(Cc2ccccc2)Cc2ccco2)o1. The Labute approximate surface area is 129 Å². The van der Waals surface area contributed by atoms with Gasteiger partial charge in [0.2, 0.25) is 11.8 Å². The molecule has 0 aliphatic carbocycles. The molecule has 2 aromatic heterocycles. The van der Waals surface area contributed by atoms with Gasteiger partial charge in [0, 0.05) is 13.0 Å². The van der Waals surface area contributed by atoms with Gasteiger partial charge in [0.05, 0.1) is 19.4 Å². The fourth-order valence-electron chi connectivity index (χ4n) is 2.32. The first-order valence-corrected chi connectivity index (χ1v) is 7.43. The summed E-state index contributed by atoms with van der Waals surface area (Å²) in [6.45, 7) is 4.10. The van der Waals surface area contributed by atoms with Crippen molar-refractivity contribution in [3.63, 3.8) is 0 Å². The van der Waals surface area contributed by atoms with Crippen molar-refractivity contribution in [3.8, 4) is 0 Å². The molecule has 1 aromatic carbocycles. The Bertz CT molecular complexity index is 677. The second-order valence-corrected chi connectivity index (χ2v) is 5.15. The summed E-state index contributed by atoms with van der Waals surface area (Å²) in [6.07, 6.45) is 2.45. The number of furan rings is 1. The van der Waals surface area contributed by atoms with Crippen LogP contribution in [0.5, 0.6) is 0 Å². The second-order valence-electron chi connectivity index (χ2n) is 5.15. The van der Waals surface area contributed by atoms with Gasteiger partial charge in [0.25, 0.3) is 0 Å². The van der Waals surface area contributed by atoms with Crippen molar-refractivity contribution in [3.05, 3.63) is 71.8 Å². The van der Waals surface area contributed by atoms with Gasteiger partial charge >= 0.3 is 0 Å². The van der Waals surface area contributed by atoms with Crippen LogP contribution in [0.3, 0.4) is 0 Å². The Morgan fingerprint density at radius 3 is 2.41 bits per heavy atom. The van der Waals surface area contributed by atoms with Crippen molar-refractivity contribution >= 4 is 0 Å². The van der Waals surface area contributed by atoms with E-state index in [1.807, 2.05) is 37.3 Å². The molecule has 3 rings (SSSR count). The van der Waals surface area contributed by atoms with Gasteiger partial charge in [-0.3, -0.25) is 4.90 Å². The first-order chi connectivity index (χ1) is 10.8. The van der Waals surface area contributed by atoms with Gasteiger partial charge in [0.15, 0.2) is 0 Å². The zero-order valence-electron chi connectivity index (χ0n) is 12.6. The second kappa shape index (κ2) is 7.04. The third kappa shape index (κ3) is 3.83. The molecule has 22 heavy (non-hydrogen) atoms. The number of aromatic nitrogens is 2. The minimum atomic E-state index is 0.600. The molecule has 0 atom stereocenters. The molecule has 0 radical (unpaired) electrons. The molecule has 5 nitrogen and oxygen atoms in total. The van der Waals surface area contributed by atoms with E-state index in [0.29, 0.717) is 24.9 Å². The lowest BCUT2D eigenvalue weighted by Crippen LogP contribution is -2.22. The average Bonchev–Trinajstić information content (AvgIpc) is 3.20. The highest BCUT2D eigenvalue weighted by Gasteiger charge is 2.14. The maximum atomic E-state index is 5.63. The van der Waals surface area contributed by atoms with E-state index < -0.39 is 0 Å². The van der Waals surface area contributed by atoms with Gasteiger partial charge in [-0.25, -0.2) is 0 Å². The molecule has 0 saturated carbocycles. The van der Waals surface area contributed by atoms with E-state index >= 15 is 0 Å².